The Morgan fingerprint density at radius 1 is 1.18 bits per heavy atom. The van der Waals surface area contributed by atoms with Crippen molar-refractivity contribution in [3.63, 3.8) is 0 Å². The number of carbonyl (C=O) groups excluding carboxylic acids is 2. The number of carbonyl (C=O) groups is 2. The number of aromatic nitrogens is 2. The molecule has 0 radical (unpaired) electrons. The largest absolute Gasteiger partial charge is 0.456 e. The van der Waals surface area contributed by atoms with Gasteiger partial charge in [-0.25, -0.2) is 13.2 Å². The molecule has 0 aliphatic carbocycles. The Morgan fingerprint density at radius 2 is 2.00 bits per heavy atom. The van der Waals surface area contributed by atoms with Gasteiger partial charge in [0.05, 0.1) is 12.1 Å². The van der Waals surface area contributed by atoms with Gasteiger partial charge in [0.1, 0.15) is 0 Å². The monoisotopic (exact) mass is 411 g/mol. The number of hydrogen-bond donors (Lipinski definition) is 1. The molecule has 0 bridgehead atoms. The van der Waals surface area contributed by atoms with Crippen molar-refractivity contribution in [1.82, 2.24) is 10.1 Å². The minimum Gasteiger partial charge on any atom is -0.456 e. The summed E-state index contributed by atoms with van der Waals surface area (Å²) in [6.45, 7) is -0.721. The summed E-state index contributed by atoms with van der Waals surface area (Å²) in [4.78, 5) is 27.5. The van der Waals surface area contributed by atoms with E-state index in [1.807, 2.05) is 22.1 Å². The first-order chi connectivity index (χ1) is 13.4. The summed E-state index contributed by atoms with van der Waals surface area (Å²) in [6.07, 6.45) is -0.0204. The lowest BCUT2D eigenvalue weighted by atomic mass is 10.3. The molecule has 7 nitrogen and oxygen atoms in total. The van der Waals surface area contributed by atoms with Crippen molar-refractivity contribution < 1.29 is 32.0 Å². The fourth-order valence-corrected chi connectivity index (χ4v) is 2.74. The van der Waals surface area contributed by atoms with Crippen molar-refractivity contribution in [1.29, 1.82) is 0 Å². The molecule has 0 spiro atoms. The number of ether oxygens (including phenoxy) is 1. The molecule has 0 unspecified atom stereocenters. The van der Waals surface area contributed by atoms with E-state index in [2.05, 4.69) is 10.1 Å². The van der Waals surface area contributed by atoms with Crippen molar-refractivity contribution in [3.05, 3.63) is 52.3 Å². The molecule has 0 saturated carbocycles. The second-order valence-electron chi connectivity index (χ2n) is 5.46. The maximum atomic E-state index is 13.5. The third-order valence-electron chi connectivity index (χ3n) is 3.46. The molecule has 28 heavy (non-hydrogen) atoms. The molecule has 0 aliphatic heterocycles. The zero-order chi connectivity index (χ0) is 20.1. The highest BCUT2D eigenvalue weighted by molar-refractivity contribution is 7.08. The van der Waals surface area contributed by atoms with E-state index in [0.29, 0.717) is 11.9 Å². The number of rotatable bonds is 7. The summed E-state index contributed by atoms with van der Waals surface area (Å²) in [6, 6.07) is 3.34. The summed E-state index contributed by atoms with van der Waals surface area (Å²) in [5, 5.41) is 9.48. The molecule has 3 rings (SSSR count). The maximum Gasteiger partial charge on any atom is 0.306 e. The number of nitrogens with one attached hydrogen (secondary N) is 1. The average Bonchev–Trinajstić information content (AvgIpc) is 3.36. The number of hydrogen-bond acceptors (Lipinski definition) is 7. The van der Waals surface area contributed by atoms with Gasteiger partial charge < -0.3 is 14.6 Å². The molecule has 2 aromatic heterocycles. The fourth-order valence-electron chi connectivity index (χ4n) is 2.10. The van der Waals surface area contributed by atoms with Gasteiger partial charge in [0.25, 0.3) is 5.91 Å². The van der Waals surface area contributed by atoms with E-state index in [9.17, 15) is 22.8 Å². The van der Waals surface area contributed by atoms with Gasteiger partial charge in [-0.3, -0.25) is 9.59 Å². The maximum absolute atomic E-state index is 13.5. The van der Waals surface area contributed by atoms with Gasteiger partial charge in [0.15, 0.2) is 24.1 Å². The molecule has 11 heteroatoms. The average molecular weight is 411 g/mol. The van der Waals surface area contributed by atoms with Gasteiger partial charge in [0, 0.05) is 17.4 Å². The molecule has 146 valence electrons. The Hall–Kier alpha value is -3.21. The summed E-state index contributed by atoms with van der Waals surface area (Å²) in [5.74, 6) is -5.64. The van der Waals surface area contributed by atoms with Crippen molar-refractivity contribution in [2.45, 2.75) is 12.8 Å². The van der Waals surface area contributed by atoms with Gasteiger partial charge >= 0.3 is 5.97 Å². The van der Waals surface area contributed by atoms with Crippen LogP contribution in [-0.4, -0.2) is 28.6 Å². The molecule has 0 fully saturated rings. The lowest BCUT2D eigenvalue weighted by molar-refractivity contribution is -0.147. The number of amides is 1. The Morgan fingerprint density at radius 3 is 2.75 bits per heavy atom. The second kappa shape index (κ2) is 8.65. The second-order valence-corrected chi connectivity index (χ2v) is 6.24. The molecule has 0 atom stereocenters. The smallest absolute Gasteiger partial charge is 0.306 e. The molecule has 0 saturated heterocycles. The number of thiophene rings is 1. The summed E-state index contributed by atoms with van der Waals surface area (Å²) in [5.41, 5.74) is 0.232. The first-order valence-electron chi connectivity index (χ1n) is 7.88. The van der Waals surface area contributed by atoms with Gasteiger partial charge in [-0.05, 0) is 23.6 Å². The van der Waals surface area contributed by atoms with Crippen LogP contribution >= 0.6 is 11.3 Å². The van der Waals surface area contributed by atoms with Crippen LogP contribution in [0.2, 0.25) is 0 Å². The molecular weight excluding hydrogens is 399 g/mol. The van der Waals surface area contributed by atoms with Crippen molar-refractivity contribution in [3.8, 4) is 11.4 Å². The van der Waals surface area contributed by atoms with Crippen molar-refractivity contribution in [2.24, 2.45) is 0 Å². The topological polar surface area (TPSA) is 94.3 Å². The lowest BCUT2D eigenvalue weighted by Crippen LogP contribution is -2.22. The SMILES string of the molecule is O=C(COC(=O)CCc1nc(-c2ccsc2)no1)Nc1ccc(F)c(F)c1F. The van der Waals surface area contributed by atoms with E-state index < -0.39 is 41.6 Å². The zero-order valence-corrected chi connectivity index (χ0v) is 14.9. The predicted molar refractivity (Wildman–Crippen MR) is 91.8 cm³/mol. The lowest BCUT2D eigenvalue weighted by Gasteiger charge is -2.08. The van der Waals surface area contributed by atoms with E-state index in [4.69, 9.17) is 9.26 Å². The first-order valence-corrected chi connectivity index (χ1v) is 8.82. The molecular formula is C17H12F3N3O4S. The van der Waals surface area contributed by atoms with Crippen LogP contribution < -0.4 is 5.32 Å². The summed E-state index contributed by atoms with van der Waals surface area (Å²) >= 11 is 1.48. The number of anilines is 1. The van der Waals surface area contributed by atoms with Crippen LogP contribution in [0.1, 0.15) is 12.3 Å². The van der Waals surface area contributed by atoms with Crippen LogP contribution in [0.4, 0.5) is 18.9 Å². The van der Waals surface area contributed by atoms with Crippen LogP contribution in [0.15, 0.2) is 33.5 Å². The van der Waals surface area contributed by atoms with Crippen molar-refractivity contribution in [2.75, 3.05) is 11.9 Å². The van der Waals surface area contributed by atoms with Crippen LogP contribution in [0.3, 0.4) is 0 Å². The molecule has 1 amide bonds. The van der Waals surface area contributed by atoms with E-state index in [-0.39, 0.29) is 18.7 Å². The quantitative estimate of drug-likeness (QED) is 0.473. The third-order valence-corrected chi connectivity index (χ3v) is 4.15. The first kappa shape index (κ1) is 19.5. The van der Waals surface area contributed by atoms with E-state index >= 15 is 0 Å². The van der Waals surface area contributed by atoms with Gasteiger partial charge in [-0.1, -0.05) is 5.16 Å². The summed E-state index contributed by atoms with van der Waals surface area (Å²) < 4.78 is 49.2. The highest BCUT2D eigenvalue weighted by atomic mass is 32.1. The van der Waals surface area contributed by atoms with E-state index in [1.165, 1.54) is 11.3 Å². The van der Waals surface area contributed by atoms with Crippen LogP contribution in [0.25, 0.3) is 11.4 Å². The standard InChI is InChI=1S/C17H12F3N3O4S/c18-10-1-2-11(16(20)15(10)19)21-12(24)7-26-14(25)4-3-13-22-17(23-27-13)9-5-6-28-8-9/h1-2,5-6,8H,3-4,7H2,(H,21,24). The molecule has 2 heterocycles. The predicted octanol–water partition coefficient (Wildman–Crippen LogP) is 3.33. The van der Waals surface area contributed by atoms with Crippen LogP contribution in [0, 0.1) is 17.5 Å². The molecule has 1 N–H and O–H groups in total. The minimum atomic E-state index is -1.71. The van der Waals surface area contributed by atoms with E-state index in [1.54, 1.807) is 0 Å². The normalized spacial score (nSPS) is 10.7. The number of nitrogens with zero attached hydrogens (tertiary/aromatic N) is 2. The minimum absolute atomic E-state index is 0.107. The highest BCUT2D eigenvalue weighted by Gasteiger charge is 2.17. The number of aryl methyl sites for hydroxylation is 1. The molecule has 0 aliphatic rings. The molecule has 3 aromatic rings. The highest BCUT2D eigenvalue weighted by Crippen LogP contribution is 2.20. The Kier molecular flexibility index (Phi) is 6.04. The van der Waals surface area contributed by atoms with Gasteiger partial charge in [-0.15, -0.1) is 0 Å². The van der Waals surface area contributed by atoms with Gasteiger partial charge in [-0.2, -0.15) is 16.3 Å². The summed E-state index contributed by atoms with van der Waals surface area (Å²) in [7, 11) is 0. The van der Waals surface area contributed by atoms with Crippen LogP contribution in [0.5, 0.6) is 0 Å². The third kappa shape index (κ3) is 4.74. The molecule has 1 aromatic carbocycles. The van der Waals surface area contributed by atoms with Gasteiger partial charge in [0.2, 0.25) is 11.7 Å². The van der Waals surface area contributed by atoms with E-state index in [0.717, 1.165) is 11.6 Å². The Bertz CT molecular complexity index is 992. The number of halogens is 3. The van der Waals surface area contributed by atoms with Crippen molar-refractivity contribution >= 4 is 28.9 Å². The zero-order valence-electron chi connectivity index (χ0n) is 14.1. The number of esters is 1. The van der Waals surface area contributed by atoms with Crippen LogP contribution in [-0.2, 0) is 20.7 Å². The number of benzene rings is 1. The Labute approximate surface area is 160 Å². The fraction of sp³-hybridized carbons (Fsp3) is 0.176. The Balaban J connectivity index is 1.44.